The molecule has 0 unspecified atom stereocenters. The van der Waals surface area contributed by atoms with Crippen LogP contribution >= 0.6 is 24.0 Å². The second kappa shape index (κ2) is 5.47. The van der Waals surface area contributed by atoms with Crippen LogP contribution in [0.4, 0.5) is 0 Å². The first-order valence-electron chi connectivity index (χ1n) is 4.94. The lowest BCUT2D eigenvalue weighted by atomic mass is 10.4. The van der Waals surface area contributed by atoms with Crippen LogP contribution in [0.25, 0.3) is 10.2 Å². The molecular weight excluding hydrogens is 244 g/mol. The first kappa shape index (κ1) is 11.6. The molecule has 6 heteroatoms. The van der Waals surface area contributed by atoms with E-state index < -0.39 is 0 Å². The molecule has 0 saturated carbocycles. The summed E-state index contributed by atoms with van der Waals surface area (Å²) in [5, 5.41) is 2.56. The smallest absolute Gasteiger partial charge is 0.262 e. The van der Waals surface area contributed by atoms with E-state index in [0.717, 1.165) is 4.83 Å². The third-order valence-electron chi connectivity index (χ3n) is 2.16. The number of thiophene rings is 1. The highest BCUT2D eigenvalue weighted by atomic mass is 32.1. The van der Waals surface area contributed by atoms with Gasteiger partial charge in [-0.15, -0.1) is 11.3 Å². The maximum atomic E-state index is 11.9. The van der Waals surface area contributed by atoms with Gasteiger partial charge >= 0.3 is 0 Å². The van der Waals surface area contributed by atoms with Crippen molar-refractivity contribution in [1.29, 1.82) is 0 Å². The molecule has 0 N–H and O–H groups in total. The molecule has 16 heavy (non-hydrogen) atoms. The van der Waals surface area contributed by atoms with Gasteiger partial charge in [-0.05, 0) is 11.4 Å². The van der Waals surface area contributed by atoms with Gasteiger partial charge in [0.1, 0.15) is 4.83 Å². The van der Waals surface area contributed by atoms with E-state index in [1.54, 1.807) is 17.0 Å². The predicted molar refractivity (Wildman–Crippen MR) is 68.6 cm³/mol. The van der Waals surface area contributed by atoms with Crippen LogP contribution in [0.15, 0.2) is 22.6 Å². The van der Waals surface area contributed by atoms with Gasteiger partial charge in [0.25, 0.3) is 5.56 Å². The lowest BCUT2D eigenvalue weighted by Gasteiger charge is -2.05. The lowest BCUT2D eigenvalue weighted by molar-refractivity contribution is 0.140. The van der Waals surface area contributed by atoms with Crippen LogP contribution in [-0.4, -0.2) is 28.5 Å². The minimum absolute atomic E-state index is 0.000670. The average molecular weight is 256 g/mol. The molecule has 0 aliphatic heterocycles. The largest absolute Gasteiger partial charge is 0.379 e. The first-order valence-corrected chi connectivity index (χ1v) is 6.45. The van der Waals surface area contributed by atoms with Gasteiger partial charge in [0.2, 0.25) is 0 Å². The highest BCUT2D eigenvalue weighted by Gasteiger charge is 2.04. The Balaban J connectivity index is 2.12. The standard InChI is InChI=1S/C10H12N2O2S2/c13-10-8-1-6-16-9(8)11-7-12(10)2-3-14-4-5-15/h1,6-7,15H,2-5H2. The van der Waals surface area contributed by atoms with Crippen molar-refractivity contribution < 1.29 is 4.74 Å². The number of nitrogens with zero attached hydrogens (tertiary/aromatic N) is 2. The Kier molecular flexibility index (Phi) is 3.98. The molecule has 0 aliphatic carbocycles. The fourth-order valence-electron chi connectivity index (χ4n) is 1.38. The van der Waals surface area contributed by atoms with E-state index >= 15 is 0 Å². The second-order valence-corrected chi connectivity index (χ2v) is 4.56. The zero-order valence-corrected chi connectivity index (χ0v) is 10.3. The summed E-state index contributed by atoms with van der Waals surface area (Å²) in [5.74, 6) is 0.691. The van der Waals surface area contributed by atoms with E-state index in [0.29, 0.717) is 30.9 Å². The maximum Gasteiger partial charge on any atom is 0.262 e. The Labute approximate surface area is 102 Å². The highest BCUT2D eigenvalue weighted by molar-refractivity contribution is 7.80. The van der Waals surface area contributed by atoms with E-state index in [2.05, 4.69) is 17.6 Å². The number of thiol groups is 1. The number of aromatic nitrogens is 2. The number of hydrogen-bond donors (Lipinski definition) is 1. The van der Waals surface area contributed by atoms with E-state index in [1.807, 2.05) is 5.38 Å². The van der Waals surface area contributed by atoms with Gasteiger partial charge in [-0.3, -0.25) is 9.36 Å². The molecule has 0 bridgehead atoms. The average Bonchev–Trinajstić information content (AvgIpc) is 2.76. The van der Waals surface area contributed by atoms with E-state index in [-0.39, 0.29) is 5.56 Å². The van der Waals surface area contributed by atoms with Crippen LogP contribution in [0.1, 0.15) is 0 Å². The lowest BCUT2D eigenvalue weighted by Crippen LogP contribution is -2.22. The molecule has 0 radical (unpaired) electrons. The summed E-state index contributed by atoms with van der Waals surface area (Å²) >= 11 is 5.51. The Bertz CT molecular complexity index is 521. The first-order chi connectivity index (χ1) is 7.83. The number of hydrogen-bond acceptors (Lipinski definition) is 5. The van der Waals surface area contributed by atoms with Gasteiger partial charge in [0.15, 0.2) is 0 Å². The molecule has 2 aromatic heterocycles. The molecule has 86 valence electrons. The van der Waals surface area contributed by atoms with Crippen LogP contribution in [0, 0.1) is 0 Å². The molecule has 0 atom stereocenters. The molecule has 0 spiro atoms. The molecule has 0 fully saturated rings. The second-order valence-electron chi connectivity index (χ2n) is 3.22. The number of fused-ring (bicyclic) bond motifs is 1. The van der Waals surface area contributed by atoms with Crippen LogP contribution in [0.3, 0.4) is 0 Å². The van der Waals surface area contributed by atoms with E-state index in [9.17, 15) is 4.79 Å². The van der Waals surface area contributed by atoms with Crippen LogP contribution in [-0.2, 0) is 11.3 Å². The van der Waals surface area contributed by atoms with E-state index in [1.165, 1.54) is 11.3 Å². The molecular formula is C10H12N2O2S2. The van der Waals surface area contributed by atoms with Crippen molar-refractivity contribution in [3.05, 3.63) is 28.1 Å². The summed E-state index contributed by atoms with van der Waals surface area (Å²) in [5.41, 5.74) is 0.000670. The number of ether oxygens (including phenoxy) is 1. The van der Waals surface area contributed by atoms with Gasteiger partial charge < -0.3 is 4.74 Å². The summed E-state index contributed by atoms with van der Waals surface area (Å²) in [6.45, 7) is 1.65. The van der Waals surface area contributed by atoms with Crippen molar-refractivity contribution in [2.24, 2.45) is 0 Å². The fourth-order valence-corrected chi connectivity index (χ4v) is 2.23. The molecule has 2 aromatic rings. The third kappa shape index (κ3) is 2.45. The van der Waals surface area contributed by atoms with Crippen LogP contribution in [0.5, 0.6) is 0 Å². The molecule has 0 aromatic carbocycles. The van der Waals surface area contributed by atoms with Gasteiger partial charge in [0.05, 0.1) is 31.5 Å². The molecule has 0 aliphatic rings. The Morgan fingerprint density at radius 1 is 1.50 bits per heavy atom. The summed E-state index contributed by atoms with van der Waals surface area (Å²) in [6, 6.07) is 1.81. The minimum Gasteiger partial charge on any atom is -0.379 e. The Morgan fingerprint density at radius 2 is 2.38 bits per heavy atom. The monoisotopic (exact) mass is 256 g/mol. The summed E-state index contributed by atoms with van der Waals surface area (Å²) in [6.07, 6.45) is 1.57. The van der Waals surface area contributed by atoms with Crippen molar-refractivity contribution in [3.8, 4) is 0 Å². The minimum atomic E-state index is 0.000670. The van der Waals surface area contributed by atoms with Crippen molar-refractivity contribution in [1.82, 2.24) is 9.55 Å². The van der Waals surface area contributed by atoms with E-state index in [4.69, 9.17) is 4.74 Å². The van der Waals surface area contributed by atoms with Gasteiger partial charge in [-0.1, -0.05) is 0 Å². The predicted octanol–water partition coefficient (Wildman–Crippen LogP) is 1.40. The quantitative estimate of drug-likeness (QED) is 0.650. The van der Waals surface area contributed by atoms with Crippen molar-refractivity contribution in [2.75, 3.05) is 19.0 Å². The molecule has 2 rings (SSSR count). The van der Waals surface area contributed by atoms with Gasteiger partial charge in [-0.2, -0.15) is 12.6 Å². The molecule has 2 heterocycles. The molecule has 0 saturated heterocycles. The Morgan fingerprint density at radius 3 is 3.19 bits per heavy atom. The third-order valence-corrected chi connectivity index (χ3v) is 3.17. The fraction of sp³-hybridized carbons (Fsp3) is 0.400. The van der Waals surface area contributed by atoms with Crippen molar-refractivity contribution in [3.63, 3.8) is 0 Å². The topological polar surface area (TPSA) is 44.1 Å². The molecule has 0 amide bonds. The summed E-state index contributed by atoms with van der Waals surface area (Å²) in [7, 11) is 0. The van der Waals surface area contributed by atoms with Crippen molar-refractivity contribution >= 4 is 34.2 Å². The maximum absolute atomic E-state index is 11.9. The highest BCUT2D eigenvalue weighted by Crippen LogP contribution is 2.12. The zero-order valence-electron chi connectivity index (χ0n) is 8.63. The number of rotatable bonds is 5. The van der Waals surface area contributed by atoms with Crippen LogP contribution < -0.4 is 5.56 Å². The SMILES string of the molecule is O=c1c2ccsc2ncn1CCOCCS. The van der Waals surface area contributed by atoms with Crippen molar-refractivity contribution in [2.45, 2.75) is 6.54 Å². The summed E-state index contributed by atoms with van der Waals surface area (Å²) < 4.78 is 6.85. The summed E-state index contributed by atoms with van der Waals surface area (Å²) in [4.78, 5) is 16.9. The van der Waals surface area contributed by atoms with Gasteiger partial charge in [0, 0.05) is 5.75 Å². The molecule has 4 nitrogen and oxygen atoms in total. The normalized spacial score (nSPS) is 11.1. The van der Waals surface area contributed by atoms with Crippen LogP contribution in [0.2, 0.25) is 0 Å². The van der Waals surface area contributed by atoms with Gasteiger partial charge in [-0.25, -0.2) is 4.98 Å². The Hall–Kier alpha value is -0.850. The zero-order chi connectivity index (χ0) is 11.4.